The Kier molecular flexibility index (Phi) is 73.6. The van der Waals surface area contributed by atoms with Gasteiger partial charge in [0.25, 0.3) is 0 Å². The third-order valence-corrected chi connectivity index (χ3v) is 21.7. The lowest BCUT2D eigenvalue weighted by molar-refractivity contribution is -0.302. The van der Waals surface area contributed by atoms with Crippen LogP contribution in [0.2, 0.25) is 0 Å². The Bertz CT molecular complexity index is 1470. The van der Waals surface area contributed by atoms with Crippen LogP contribution in [0.1, 0.15) is 489 Å². The van der Waals surface area contributed by atoms with E-state index in [4.69, 9.17) is 9.47 Å². The molecule has 1 rings (SSSR count). The first kappa shape index (κ1) is 92.2. The predicted octanol–water partition coefficient (Wildman–Crippen LogP) is 25.6. The van der Waals surface area contributed by atoms with E-state index in [0.29, 0.717) is 12.8 Å². The van der Waals surface area contributed by atoms with Gasteiger partial charge in [0.1, 0.15) is 24.4 Å². The fourth-order valence-electron chi connectivity index (χ4n) is 14.9. The van der Waals surface area contributed by atoms with Crippen LogP contribution in [0.3, 0.4) is 0 Å². The van der Waals surface area contributed by atoms with Gasteiger partial charge in [0.15, 0.2) is 6.29 Å². The number of unbranched alkanes of at least 4 members (excludes halogenated alkanes) is 70. The van der Waals surface area contributed by atoms with Gasteiger partial charge in [0, 0.05) is 6.42 Å². The highest BCUT2D eigenvalue weighted by Gasteiger charge is 2.44. The summed E-state index contributed by atoms with van der Waals surface area (Å²) in [7, 11) is 0. The summed E-state index contributed by atoms with van der Waals surface area (Å²) in [4.78, 5) is 13.2. The first-order valence-corrected chi connectivity index (χ1v) is 43.7. The Hall–Kier alpha value is -0.810. The molecule has 0 bridgehead atoms. The maximum Gasteiger partial charge on any atom is 0.220 e. The van der Waals surface area contributed by atoms with E-state index in [0.717, 1.165) is 38.5 Å². The van der Waals surface area contributed by atoms with E-state index in [-0.39, 0.29) is 12.5 Å². The third-order valence-electron chi connectivity index (χ3n) is 21.7. The minimum atomic E-state index is -1.55. The number of aliphatic hydroxyl groups is 5. The van der Waals surface area contributed by atoms with E-state index in [1.165, 1.54) is 424 Å². The lowest BCUT2D eigenvalue weighted by Crippen LogP contribution is -2.60. The first-order valence-electron chi connectivity index (χ1n) is 43.7. The van der Waals surface area contributed by atoms with Crippen LogP contribution in [0.5, 0.6) is 0 Å². The normalized spacial score (nSPS) is 17.3. The molecule has 95 heavy (non-hydrogen) atoms. The molecule has 1 fully saturated rings. The number of amides is 1. The smallest absolute Gasteiger partial charge is 0.220 e. The van der Waals surface area contributed by atoms with Crippen molar-refractivity contribution in [3.05, 3.63) is 0 Å². The summed E-state index contributed by atoms with van der Waals surface area (Å²) in [6, 6.07) is -0.717. The molecule has 568 valence electrons. The molecule has 7 atom stereocenters. The second-order valence-electron chi connectivity index (χ2n) is 31.1. The van der Waals surface area contributed by atoms with Crippen molar-refractivity contribution in [2.45, 2.75) is 532 Å². The summed E-state index contributed by atoms with van der Waals surface area (Å²) in [6.07, 6.45) is 92.6. The van der Waals surface area contributed by atoms with Crippen molar-refractivity contribution in [2.75, 3.05) is 13.2 Å². The number of carbonyl (C=O) groups is 1. The third kappa shape index (κ3) is 63.8. The van der Waals surface area contributed by atoms with Gasteiger partial charge in [-0.15, -0.1) is 0 Å². The summed E-state index contributed by atoms with van der Waals surface area (Å²) in [6.45, 7) is 3.93. The SMILES string of the molecule is CCCCCCCCCCCCCCCCCCCCCCCCCCCCCCCCCCCCCCCCCCC(=O)NC(COC1OC(CO)C(O)C(O)C1O)C(O)CCCCCCCCCCCCCCCCCCCCCCCCCCCCCCCCCC. The Balaban J connectivity index is 1.99. The van der Waals surface area contributed by atoms with Crippen molar-refractivity contribution >= 4 is 5.91 Å². The number of nitrogens with one attached hydrogen (secondary N) is 1. The Morgan fingerprint density at radius 1 is 0.316 bits per heavy atom. The highest BCUT2D eigenvalue weighted by molar-refractivity contribution is 5.76. The van der Waals surface area contributed by atoms with Gasteiger partial charge < -0.3 is 40.3 Å². The van der Waals surface area contributed by atoms with Crippen LogP contribution in [0, 0.1) is 0 Å². The van der Waals surface area contributed by atoms with Crippen molar-refractivity contribution in [2.24, 2.45) is 0 Å². The molecule has 1 heterocycles. The van der Waals surface area contributed by atoms with E-state index >= 15 is 0 Å². The fourth-order valence-corrected chi connectivity index (χ4v) is 14.9. The maximum atomic E-state index is 13.2. The summed E-state index contributed by atoms with van der Waals surface area (Å²) >= 11 is 0. The number of aliphatic hydroxyl groups excluding tert-OH is 5. The van der Waals surface area contributed by atoms with Crippen molar-refractivity contribution < 1.29 is 39.8 Å². The molecule has 0 aromatic heterocycles. The first-order chi connectivity index (χ1) is 46.8. The Morgan fingerprint density at radius 2 is 0.526 bits per heavy atom. The molecule has 1 saturated heterocycles. The summed E-state index contributed by atoms with van der Waals surface area (Å²) in [5.74, 6) is -0.130. The molecule has 0 aromatic rings. The molecule has 0 radical (unpaired) electrons. The van der Waals surface area contributed by atoms with E-state index in [1.54, 1.807) is 0 Å². The van der Waals surface area contributed by atoms with Crippen LogP contribution in [-0.2, 0) is 14.3 Å². The van der Waals surface area contributed by atoms with Crippen LogP contribution in [0.15, 0.2) is 0 Å². The lowest BCUT2D eigenvalue weighted by Gasteiger charge is -2.40. The van der Waals surface area contributed by atoms with Crippen LogP contribution in [0.4, 0.5) is 0 Å². The summed E-state index contributed by atoms with van der Waals surface area (Å²) < 4.78 is 11.4. The second kappa shape index (κ2) is 75.8. The van der Waals surface area contributed by atoms with Gasteiger partial charge in [-0.1, -0.05) is 470 Å². The molecule has 7 unspecified atom stereocenters. The molecular formula is C86H171NO8. The van der Waals surface area contributed by atoms with Gasteiger partial charge in [-0.2, -0.15) is 0 Å². The average Bonchev–Trinajstić information content (AvgIpc) is 0.847. The van der Waals surface area contributed by atoms with Crippen molar-refractivity contribution in [1.29, 1.82) is 0 Å². The lowest BCUT2D eigenvalue weighted by atomic mass is 9.99. The molecule has 9 nitrogen and oxygen atoms in total. The van der Waals surface area contributed by atoms with E-state index in [1.807, 2.05) is 0 Å². The number of carbonyl (C=O) groups excluding carboxylic acids is 1. The number of hydrogen-bond acceptors (Lipinski definition) is 8. The minimum Gasteiger partial charge on any atom is -0.394 e. The van der Waals surface area contributed by atoms with Crippen LogP contribution < -0.4 is 5.32 Å². The van der Waals surface area contributed by atoms with Gasteiger partial charge in [0.2, 0.25) is 5.91 Å². The number of ether oxygens (including phenoxy) is 2. The van der Waals surface area contributed by atoms with Gasteiger partial charge in [0.05, 0.1) is 25.4 Å². The fraction of sp³-hybridized carbons (Fsp3) is 0.988. The zero-order valence-corrected chi connectivity index (χ0v) is 64.2. The monoisotopic (exact) mass is 1350 g/mol. The standard InChI is InChI=1S/C86H171NO8/c1-3-5-7-9-11-13-15-17-19-21-23-25-27-29-31-33-35-37-38-39-40-41-42-43-44-46-48-50-52-54-56-58-60-62-64-66-68-70-72-74-76-82(90)87-79(78-94-86-85(93)84(92)83(91)81(77-88)95-86)80(89)75-73-71-69-67-65-63-61-59-57-55-53-51-49-47-45-36-34-32-30-28-26-24-22-20-18-16-14-12-10-8-6-4-2/h79-81,83-86,88-89,91-93H,3-78H2,1-2H3,(H,87,90). The van der Waals surface area contributed by atoms with Crippen molar-refractivity contribution in [3.63, 3.8) is 0 Å². The molecular weight excluding hydrogens is 1170 g/mol. The minimum absolute atomic E-state index is 0.130. The Labute approximate surface area is 593 Å². The highest BCUT2D eigenvalue weighted by Crippen LogP contribution is 2.25. The molecule has 0 spiro atoms. The van der Waals surface area contributed by atoms with Crippen molar-refractivity contribution in [1.82, 2.24) is 5.32 Å². The second-order valence-corrected chi connectivity index (χ2v) is 31.1. The van der Waals surface area contributed by atoms with E-state index in [9.17, 15) is 30.3 Å². The molecule has 0 aromatic carbocycles. The molecule has 1 amide bonds. The van der Waals surface area contributed by atoms with Gasteiger partial charge in [-0.25, -0.2) is 0 Å². The average molecular weight is 1350 g/mol. The van der Waals surface area contributed by atoms with Gasteiger partial charge in [-0.05, 0) is 12.8 Å². The molecule has 0 aliphatic carbocycles. The number of hydrogen-bond donors (Lipinski definition) is 6. The molecule has 6 N–H and O–H groups in total. The molecule has 1 aliphatic heterocycles. The number of rotatable bonds is 80. The van der Waals surface area contributed by atoms with E-state index < -0.39 is 49.5 Å². The summed E-state index contributed by atoms with van der Waals surface area (Å²) in [5, 5.41) is 55.2. The van der Waals surface area contributed by atoms with E-state index in [2.05, 4.69) is 19.2 Å². The highest BCUT2D eigenvalue weighted by atomic mass is 16.7. The zero-order chi connectivity index (χ0) is 68.5. The maximum absolute atomic E-state index is 13.2. The van der Waals surface area contributed by atoms with Crippen LogP contribution >= 0.6 is 0 Å². The topological polar surface area (TPSA) is 149 Å². The Morgan fingerprint density at radius 3 is 0.747 bits per heavy atom. The predicted molar refractivity (Wildman–Crippen MR) is 411 cm³/mol. The quantitative estimate of drug-likeness (QED) is 0.0330. The van der Waals surface area contributed by atoms with Gasteiger partial charge >= 0.3 is 0 Å². The van der Waals surface area contributed by atoms with Crippen LogP contribution in [0.25, 0.3) is 0 Å². The molecule has 9 heteroatoms. The molecule has 1 aliphatic rings. The largest absolute Gasteiger partial charge is 0.394 e. The zero-order valence-electron chi connectivity index (χ0n) is 64.2. The molecule has 0 saturated carbocycles. The summed E-state index contributed by atoms with van der Waals surface area (Å²) in [5.41, 5.74) is 0. The van der Waals surface area contributed by atoms with Crippen LogP contribution in [-0.4, -0.2) is 87.5 Å². The van der Waals surface area contributed by atoms with Gasteiger partial charge in [-0.3, -0.25) is 4.79 Å². The van der Waals surface area contributed by atoms with Crippen molar-refractivity contribution in [3.8, 4) is 0 Å².